The Morgan fingerprint density at radius 1 is 1.40 bits per heavy atom. The van der Waals surface area contributed by atoms with Gasteiger partial charge in [-0.2, -0.15) is 4.39 Å². The Labute approximate surface area is 88.0 Å². The number of rotatable bonds is 5. The molecule has 4 heteroatoms. The third-order valence-electron chi connectivity index (χ3n) is 2.30. The van der Waals surface area contributed by atoms with Crippen molar-refractivity contribution in [2.45, 2.75) is 38.7 Å². The Morgan fingerprint density at radius 2 is 2.13 bits per heavy atom. The molecular weight excluding hydrogens is 200 g/mol. The molecule has 0 aliphatic heterocycles. The molecule has 1 heterocycles. The fraction of sp³-hybridized carbons (Fsp3) is 0.545. The standard InChI is InChI=1S/C11H15F2NO/c1-2-3-4-5-9(15)10-8(12)6-7-14-11(10)13/h6-7,9,15H,2-5H2,1H3. The minimum Gasteiger partial charge on any atom is -0.388 e. The summed E-state index contributed by atoms with van der Waals surface area (Å²) in [5.41, 5.74) is -0.311. The Bertz CT molecular complexity index is 297. The summed E-state index contributed by atoms with van der Waals surface area (Å²) in [6, 6.07) is 1.06. The Hall–Kier alpha value is -1.03. The van der Waals surface area contributed by atoms with Gasteiger partial charge in [-0.25, -0.2) is 9.37 Å². The van der Waals surface area contributed by atoms with Crippen LogP contribution in [-0.2, 0) is 0 Å². The van der Waals surface area contributed by atoms with Crippen LogP contribution in [0.15, 0.2) is 12.3 Å². The number of unbranched alkanes of at least 4 members (excludes halogenated alkanes) is 2. The monoisotopic (exact) mass is 215 g/mol. The van der Waals surface area contributed by atoms with Crippen molar-refractivity contribution in [2.75, 3.05) is 0 Å². The molecule has 1 aromatic heterocycles. The molecule has 1 rings (SSSR count). The van der Waals surface area contributed by atoms with Gasteiger partial charge in [0.05, 0.1) is 11.7 Å². The van der Waals surface area contributed by atoms with Crippen molar-refractivity contribution in [3.8, 4) is 0 Å². The second-order valence-corrected chi connectivity index (χ2v) is 3.51. The number of aliphatic hydroxyl groups is 1. The van der Waals surface area contributed by atoms with Crippen LogP contribution in [0.1, 0.15) is 44.3 Å². The van der Waals surface area contributed by atoms with Crippen molar-refractivity contribution >= 4 is 0 Å². The highest BCUT2D eigenvalue weighted by atomic mass is 19.1. The number of hydrogen-bond acceptors (Lipinski definition) is 2. The van der Waals surface area contributed by atoms with Gasteiger partial charge in [0.15, 0.2) is 0 Å². The second-order valence-electron chi connectivity index (χ2n) is 3.51. The van der Waals surface area contributed by atoms with E-state index in [4.69, 9.17) is 0 Å². The van der Waals surface area contributed by atoms with Gasteiger partial charge in [0, 0.05) is 6.20 Å². The van der Waals surface area contributed by atoms with E-state index in [1.807, 2.05) is 6.92 Å². The van der Waals surface area contributed by atoms with Crippen molar-refractivity contribution < 1.29 is 13.9 Å². The van der Waals surface area contributed by atoms with Crippen LogP contribution in [0.4, 0.5) is 8.78 Å². The third kappa shape index (κ3) is 3.23. The Morgan fingerprint density at radius 3 is 2.73 bits per heavy atom. The number of halogens is 2. The molecule has 15 heavy (non-hydrogen) atoms. The normalized spacial score (nSPS) is 12.8. The van der Waals surface area contributed by atoms with Gasteiger partial charge in [0.1, 0.15) is 5.82 Å². The van der Waals surface area contributed by atoms with E-state index in [-0.39, 0.29) is 5.56 Å². The molecule has 0 radical (unpaired) electrons. The molecule has 0 aliphatic carbocycles. The lowest BCUT2D eigenvalue weighted by atomic mass is 10.0. The van der Waals surface area contributed by atoms with Crippen molar-refractivity contribution in [3.63, 3.8) is 0 Å². The van der Waals surface area contributed by atoms with E-state index in [9.17, 15) is 13.9 Å². The molecule has 0 amide bonds. The van der Waals surface area contributed by atoms with Crippen LogP contribution >= 0.6 is 0 Å². The zero-order valence-corrected chi connectivity index (χ0v) is 8.71. The van der Waals surface area contributed by atoms with Gasteiger partial charge in [0.25, 0.3) is 0 Å². The Kier molecular flexibility index (Phi) is 4.62. The summed E-state index contributed by atoms with van der Waals surface area (Å²) >= 11 is 0. The summed E-state index contributed by atoms with van der Waals surface area (Å²) in [6.07, 6.45) is 3.03. The first-order chi connectivity index (χ1) is 7.16. The van der Waals surface area contributed by atoms with E-state index in [2.05, 4.69) is 4.98 Å². The van der Waals surface area contributed by atoms with Gasteiger partial charge in [-0.1, -0.05) is 26.2 Å². The van der Waals surface area contributed by atoms with E-state index >= 15 is 0 Å². The predicted molar refractivity (Wildman–Crippen MR) is 53.3 cm³/mol. The number of hydrogen-bond donors (Lipinski definition) is 1. The lowest BCUT2D eigenvalue weighted by Crippen LogP contribution is -2.05. The molecule has 0 aromatic carbocycles. The van der Waals surface area contributed by atoms with Gasteiger partial charge in [0.2, 0.25) is 5.95 Å². The van der Waals surface area contributed by atoms with Gasteiger partial charge >= 0.3 is 0 Å². The van der Waals surface area contributed by atoms with Crippen LogP contribution in [0.25, 0.3) is 0 Å². The average molecular weight is 215 g/mol. The molecule has 1 N–H and O–H groups in total. The van der Waals surface area contributed by atoms with Crippen LogP contribution < -0.4 is 0 Å². The maximum Gasteiger partial charge on any atom is 0.221 e. The van der Waals surface area contributed by atoms with Gasteiger partial charge in [-0.3, -0.25) is 0 Å². The molecule has 1 unspecified atom stereocenters. The number of aromatic nitrogens is 1. The van der Waals surface area contributed by atoms with E-state index in [0.29, 0.717) is 6.42 Å². The molecule has 0 saturated heterocycles. The summed E-state index contributed by atoms with van der Waals surface area (Å²) in [5, 5.41) is 9.59. The van der Waals surface area contributed by atoms with E-state index in [1.165, 1.54) is 0 Å². The first kappa shape index (κ1) is 12.0. The molecule has 0 saturated carbocycles. The largest absolute Gasteiger partial charge is 0.388 e. The molecule has 0 aliphatic rings. The fourth-order valence-corrected chi connectivity index (χ4v) is 1.45. The first-order valence-corrected chi connectivity index (χ1v) is 5.14. The maximum atomic E-state index is 13.2. The number of nitrogens with zero attached hydrogens (tertiary/aromatic N) is 1. The molecule has 84 valence electrons. The van der Waals surface area contributed by atoms with E-state index in [0.717, 1.165) is 31.5 Å². The fourth-order valence-electron chi connectivity index (χ4n) is 1.45. The smallest absolute Gasteiger partial charge is 0.221 e. The number of pyridine rings is 1. The predicted octanol–water partition coefficient (Wildman–Crippen LogP) is 2.97. The van der Waals surface area contributed by atoms with E-state index < -0.39 is 17.9 Å². The highest BCUT2D eigenvalue weighted by Gasteiger charge is 2.18. The topological polar surface area (TPSA) is 33.1 Å². The van der Waals surface area contributed by atoms with Crippen molar-refractivity contribution in [3.05, 3.63) is 29.6 Å². The lowest BCUT2D eigenvalue weighted by Gasteiger charge is -2.11. The maximum absolute atomic E-state index is 13.2. The molecule has 1 atom stereocenters. The van der Waals surface area contributed by atoms with Crippen LogP contribution in [0.3, 0.4) is 0 Å². The van der Waals surface area contributed by atoms with Crippen LogP contribution in [0.2, 0.25) is 0 Å². The molecule has 0 bridgehead atoms. The molecule has 2 nitrogen and oxygen atoms in total. The highest BCUT2D eigenvalue weighted by molar-refractivity contribution is 5.16. The van der Waals surface area contributed by atoms with Crippen LogP contribution in [-0.4, -0.2) is 10.1 Å². The molecule has 1 aromatic rings. The third-order valence-corrected chi connectivity index (χ3v) is 2.30. The minimum absolute atomic E-state index is 0.311. The highest BCUT2D eigenvalue weighted by Crippen LogP contribution is 2.23. The zero-order valence-electron chi connectivity index (χ0n) is 8.71. The summed E-state index contributed by atoms with van der Waals surface area (Å²) in [4.78, 5) is 3.32. The van der Waals surface area contributed by atoms with Gasteiger partial charge in [-0.15, -0.1) is 0 Å². The van der Waals surface area contributed by atoms with E-state index in [1.54, 1.807) is 0 Å². The SMILES string of the molecule is CCCCCC(O)c1c(F)ccnc1F. The first-order valence-electron chi connectivity index (χ1n) is 5.14. The average Bonchev–Trinajstić information content (AvgIpc) is 2.18. The van der Waals surface area contributed by atoms with Crippen LogP contribution in [0, 0.1) is 11.8 Å². The van der Waals surface area contributed by atoms with Crippen molar-refractivity contribution in [1.82, 2.24) is 4.98 Å². The van der Waals surface area contributed by atoms with Gasteiger partial charge in [-0.05, 0) is 12.5 Å². The second kappa shape index (κ2) is 5.75. The van der Waals surface area contributed by atoms with Gasteiger partial charge < -0.3 is 5.11 Å². The quantitative estimate of drug-likeness (QED) is 0.605. The van der Waals surface area contributed by atoms with Crippen LogP contribution in [0.5, 0.6) is 0 Å². The summed E-state index contributed by atoms with van der Waals surface area (Å²) in [7, 11) is 0. The number of aliphatic hydroxyl groups excluding tert-OH is 1. The summed E-state index contributed by atoms with van der Waals surface area (Å²) in [6.45, 7) is 2.03. The van der Waals surface area contributed by atoms with Crippen molar-refractivity contribution in [2.24, 2.45) is 0 Å². The summed E-state index contributed by atoms with van der Waals surface area (Å²) in [5.74, 6) is -1.65. The summed E-state index contributed by atoms with van der Waals surface area (Å²) < 4.78 is 26.3. The lowest BCUT2D eigenvalue weighted by molar-refractivity contribution is 0.153. The molecule has 0 spiro atoms. The van der Waals surface area contributed by atoms with Crippen molar-refractivity contribution in [1.29, 1.82) is 0 Å². The zero-order chi connectivity index (χ0) is 11.3. The Balaban J connectivity index is 2.68. The molecular formula is C11H15F2NO. The molecule has 0 fully saturated rings. The minimum atomic E-state index is -1.09.